The first kappa shape index (κ1) is 29.4. The number of cyclic esters (lactones) is 1. The number of rotatable bonds is 3. The molecule has 5 N–H and O–H groups in total. The van der Waals surface area contributed by atoms with Gasteiger partial charge in [0, 0.05) is 30.3 Å². The molecule has 2 unspecified atom stereocenters. The molecule has 8 fully saturated rings. The van der Waals surface area contributed by atoms with Crippen LogP contribution in [-0.4, -0.2) is 105 Å². The van der Waals surface area contributed by atoms with E-state index in [4.69, 9.17) is 27.8 Å². The van der Waals surface area contributed by atoms with Crippen molar-refractivity contribution in [1.82, 2.24) is 0 Å². The lowest BCUT2D eigenvalue weighted by molar-refractivity contribution is -0.361. The summed E-state index contributed by atoms with van der Waals surface area (Å²) >= 11 is 0. The fraction of sp³-hybridized carbons (Fsp3) is 0.897. The highest BCUT2D eigenvalue weighted by Gasteiger charge is 2.81. The number of aliphatic hydroxyl groups is 5. The summed E-state index contributed by atoms with van der Waals surface area (Å²) in [6.07, 6.45) is -3.85. The molecule has 43 heavy (non-hydrogen) atoms. The molecule has 5 heterocycles. The van der Waals surface area contributed by atoms with Gasteiger partial charge >= 0.3 is 13.8 Å². The molecule has 16 atom stereocenters. The number of ether oxygens (including phenoxy) is 3. The van der Waals surface area contributed by atoms with E-state index in [0.29, 0.717) is 32.1 Å². The van der Waals surface area contributed by atoms with Crippen molar-refractivity contribution in [3.63, 3.8) is 0 Å². The van der Waals surface area contributed by atoms with Crippen LogP contribution >= 0.6 is 7.82 Å². The van der Waals surface area contributed by atoms with Gasteiger partial charge in [-0.25, -0.2) is 9.36 Å². The van der Waals surface area contributed by atoms with E-state index >= 15 is 0 Å². The van der Waals surface area contributed by atoms with Crippen molar-refractivity contribution in [1.29, 1.82) is 0 Å². The fourth-order valence-electron chi connectivity index (χ4n) is 10.9. The summed E-state index contributed by atoms with van der Waals surface area (Å²) in [5, 5.41) is 55.7. The maximum atomic E-state index is 13.5. The molecule has 4 saturated heterocycles. The largest absolute Gasteiger partial charge is 0.475 e. The first-order valence-corrected chi connectivity index (χ1v) is 17.0. The fourth-order valence-corrected chi connectivity index (χ4v) is 12.8. The van der Waals surface area contributed by atoms with E-state index in [1.54, 1.807) is 6.92 Å². The van der Waals surface area contributed by atoms with Crippen molar-refractivity contribution in [3.05, 3.63) is 11.6 Å². The van der Waals surface area contributed by atoms with E-state index in [9.17, 15) is 34.9 Å². The van der Waals surface area contributed by atoms with Gasteiger partial charge in [0.05, 0.1) is 47.6 Å². The van der Waals surface area contributed by atoms with E-state index in [1.807, 2.05) is 6.92 Å². The van der Waals surface area contributed by atoms with Crippen LogP contribution in [0.2, 0.25) is 0 Å². The number of hydrogen-bond acceptors (Lipinski definition) is 13. The van der Waals surface area contributed by atoms with Gasteiger partial charge in [-0.3, -0.25) is 13.6 Å². The Labute approximate surface area is 249 Å². The Balaban J connectivity index is 1.12. The zero-order chi connectivity index (χ0) is 30.3. The zero-order valence-electron chi connectivity index (χ0n) is 24.2. The number of fused-ring (bicyclic) bond motifs is 4. The van der Waals surface area contributed by atoms with Crippen LogP contribution < -0.4 is 0 Å². The van der Waals surface area contributed by atoms with Gasteiger partial charge in [0.1, 0.15) is 24.9 Å². The molecule has 4 bridgehead atoms. The van der Waals surface area contributed by atoms with Crippen LogP contribution in [0.4, 0.5) is 0 Å². The maximum Gasteiger partial charge on any atom is 0.475 e. The maximum absolute atomic E-state index is 13.5. The molecule has 14 heteroatoms. The molecular weight excluding hydrogens is 587 g/mol. The molecule has 0 amide bonds. The summed E-state index contributed by atoms with van der Waals surface area (Å²) in [5.74, 6) is -1.30. The second kappa shape index (κ2) is 9.32. The molecule has 9 rings (SSSR count). The quantitative estimate of drug-likeness (QED) is 0.167. The van der Waals surface area contributed by atoms with Crippen LogP contribution in [0.1, 0.15) is 58.8 Å². The molecule has 4 saturated carbocycles. The lowest BCUT2D eigenvalue weighted by Gasteiger charge is -2.73. The molecule has 5 aliphatic heterocycles. The van der Waals surface area contributed by atoms with Gasteiger partial charge in [-0.1, -0.05) is 6.92 Å². The number of carbonyl (C=O) groups is 1. The molecule has 0 aromatic heterocycles. The highest BCUT2D eigenvalue weighted by Crippen LogP contribution is 2.80. The van der Waals surface area contributed by atoms with Crippen molar-refractivity contribution >= 4 is 13.8 Å². The van der Waals surface area contributed by atoms with Crippen LogP contribution in [-0.2, 0) is 37.1 Å². The van der Waals surface area contributed by atoms with Crippen LogP contribution in [0.5, 0.6) is 0 Å². The van der Waals surface area contributed by atoms with Crippen LogP contribution in [0.3, 0.4) is 0 Å². The smallest absolute Gasteiger partial charge is 0.458 e. The van der Waals surface area contributed by atoms with Crippen molar-refractivity contribution in [2.24, 2.45) is 28.6 Å². The van der Waals surface area contributed by atoms with Gasteiger partial charge in [0.25, 0.3) is 0 Å². The molecule has 4 aliphatic carbocycles. The van der Waals surface area contributed by atoms with Gasteiger partial charge in [-0.2, -0.15) is 0 Å². The van der Waals surface area contributed by atoms with E-state index in [2.05, 4.69) is 0 Å². The Morgan fingerprint density at radius 1 is 1.07 bits per heavy atom. The molecular formula is C29H41O13P. The summed E-state index contributed by atoms with van der Waals surface area (Å²) in [4.78, 5) is 11.9. The Morgan fingerprint density at radius 2 is 1.86 bits per heavy atom. The number of phosphoric ester groups is 1. The highest BCUT2D eigenvalue weighted by molar-refractivity contribution is 7.48. The van der Waals surface area contributed by atoms with E-state index in [-0.39, 0.29) is 43.9 Å². The predicted molar refractivity (Wildman–Crippen MR) is 143 cm³/mol. The Kier molecular flexibility index (Phi) is 6.38. The summed E-state index contributed by atoms with van der Waals surface area (Å²) < 4.78 is 48.8. The van der Waals surface area contributed by atoms with E-state index < -0.39 is 84.8 Å². The van der Waals surface area contributed by atoms with Crippen molar-refractivity contribution in [2.45, 2.75) is 119 Å². The third-order valence-corrected chi connectivity index (χ3v) is 14.4. The van der Waals surface area contributed by atoms with Crippen LogP contribution in [0.25, 0.3) is 0 Å². The summed E-state index contributed by atoms with van der Waals surface area (Å²) in [7, 11) is -3.88. The molecule has 0 radical (unpaired) electrons. The van der Waals surface area contributed by atoms with Gasteiger partial charge in [0.2, 0.25) is 0 Å². The van der Waals surface area contributed by atoms with Crippen LogP contribution in [0, 0.1) is 28.6 Å². The van der Waals surface area contributed by atoms with Crippen LogP contribution in [0.15, 0.2) is 11.6 Å². The minimum Gasteiger partial charge on any atom is -0.458 e. The van der Waals surface area contributed by atoms with Crippen molar-refractivity contribution in [3.8, 4) is 0 Å². The number of phosphoric acid groups is 1. The number of carbonyl (C=O) groups excluding carboxylic acids is 1. The summed E-state index contributed by atoms with van der Waals surface area (Å²) in [6.45, 7) is 3.85. The Hall–Kier alpha value is -0.960. The number of esters is 1. The van der Waals surface area contributed by atoms with Gasteiger partial charge in [0.15, 0.2) is 6.29 Å². The SMILES string of the molecule is C[C@@H]1O[C@@H](O[C@H]2C[C@H]3OP4(=O)OC[C@@]35[C@@H]3C(CC[C@@]5(C2)O4)[C@@]2(O)CC[C@H](C4=CC(=O)OC4)[C@@]2(C)C[C@H]3O)[C@H](O)[C@H](O)[C@H]1O. The van der Waals surface area contributed by atoms with E-state index in [0.717, 1.165) is 5.57 Å². The van der Waals surface area contributed by atoms with Crippen molar-refractivity contribution < 1.29 is 62.7 Å². The zero-order valence-corrected chi connectivity index (χ0v) is 25.1. The minimum absolute atomic E-state index is 0.0497. The molecule has 0 aromatic carbocycles. The monoisotopic (exact) mass is 628 g/mol. The third kappa shape index (κ3) is 3.70. The normalized spacial score (nSPS) is 60.5. The predicted octanol–water partition coefficient (Wildman–Crippen LogP) is 0.693. The van der Waals surface area contributed by atoms with Gasteiger partial charge < -0.3 is 39.7 Å². The number of hydrogen-bond donors (Lipinski definition) is 5. The first-order valence-electron chi connectivity index (χ1n) is 15.5. The van der Waals surface area contributed by atoms with Gasteiger partial charge in [-0.15, -0.1) is 0 Å². The standard InChI is InChI=1S/C29H41O13P/c1-13-22(32)23(33)24(34)25(39-13)40-15-8-19-28-12-38-43(36,41-19)42-27(28,9-15)5-3-17-21(28)18(30)10-26(2)16(4-6-29(17,26)35)14-7-20(31)37-11-14/h7,13,15-19,21-25,30,32-35H,3-6,8-12H2,1-2H3/t13-,15-,16+,17?,18+,19+,21+,22-,23+,24+,25-,26+,27-,28-,29-,43?/m0/s1. The minimum atomic E-state index is -3.88. The third-order valence-electron chi connectivity index (χ3n) is 12.8. The molecule has 240 valence electrons. The molecule has 9 aliphatic rings. The van der Waals surface area contributed by atoms with E-state index in [1.165, 1.54) is 6.08 Å². The lowest BCUT2D eigenvalue weighted by atomic mass is 9.40. The summed E-state index contributed by atoms with van der Waals surface area (Å²) in [5.41, 5.74) is -2.93. The second-order valence-electron chi connectivity index (χ2n) is 14.5. The number of aliphatic hydroxyl groups excluding tert-OH is 4. The average molecular weight is 629 g/mol. The highest BCUT2D eigenvalue weighted by atomic mass is 31.2. The Bertz CT molecular complexity index is 1290. The topological polar surface area (TPSA) is 191 Å². The molecule has 0 aromatic rings. The van der Waals surface area contributed by atoms with Crippen molar-refractivity contribution in [2.75, 3.05) is 13.2 Å². The second-order valence-corrected chi connectivity index (χ2v) is 16.1. The van der Waals surface area contributed by atoms with Gasteiger partial charge in [-0.05, 0) is 56.4 Å². The molecule has 13 nitrogen and oxygen atoms in total. The first-order chi connectivity index (χ1) is 20.3. The molecule has 1 spiro atoms. The summed E-state index contributed by atoms with van der Waals surface area (Å²) in [6, 6.07) is 0. The average Bonchev–Trinajstić information content (AvgIpc) is 3.48. The Morgan fingerprint density at radius 3 is 2.60 bits per heavy atom. The lowest BCUT2D eigenvalue weighted by Crippen LogP contribution is -2.79.